The van der Waals surface area contributed by atoms with E-state index in [2.05, 4.69) is 5.32 Å². The van der Waals surface area contributed by atoms with E-state index < -0.39 is 5.97 Å². The molecule has 0 aliphatic rings. The first-order chi connectivity index (χ1) is 7.65. The molecular formula is C12H14ClNO2. The topological polar surface area (TPSA) is 49.3 Å². The van der Waals surface area contributed by atoms with E-state index in [0.29, 0.717) is 0 Å². The first-order valence-corrected chi connectivity index (χ1v) is 5.37. The van der Waals surface area contributed by atoms with Gasteiger partial charge in [-0.25, -0.2) is 4.79 Å². The van der Waals surface area contributed by atoms with Crippen molar-refractivity contribution in [3.8, 4) is 0 Å². The summed E-state index contributed by atoms with van der Waals surface area (Å²) in [4.78, 5) is 10.7. The Bertz CT molecular complexity index is 402. The van der Waals surface area contributed by atoms with Crippen LogP contribution in [0.2, 0.25) is 5.02 Å². The highest BCUT2D eigenvalue weighted by Crippen LogP contribution is 2.18. The number of hydrogen-bond donors (Lipinski definition) is 2. The lowest BCUT2D eigenvalue weighted by Crippen LogP contribution is -2.05. The molecule has 2 N–H and O–H groups in total. The predicted molar refractivity (Wildman–Crippen MR) is 66.0 cm³/mol. The number of carboxylic acids is 1. The third kappa shape index (κ3) is 3.68. The molecule has 0 aliphatic heterocycles. The predicted octanol–water partition coefficient (Wildman–Crippen LogP) is 2.66. The van der Waals surface area contributed by atoms with E-state index in [9.17, 15) is 4.79 Å². The van der Waals surface area contributed by atoms with E-state index in [-0.39, 0.29) is 10.6 Å². The van der Waals surface area contributed by atoms with Gasteiger partial charge in [0.1, 0.15) is 0 Å². The highest BCUT2D eigenvalue weighted by atomic mass is 35.5. The molecule has 1 aromatic rings. The molecular weight excluding hydrogens is 226 g/mol. The SMILES string of the molecule is CNCCC=Cc1ccc(C(=O)O)c(Cl)c1. The van der Waals surface area contributed by atoms with Crippen LogP contribution in [-0.2, 0) is 0 Å². The minimum absolute atomic E-state index is 0.133. The standard InChI is InChI=1S/C12H14ClNO2/c1-14-7-3-2-4-9-5-6-10(12(15)16)11(13)8-9/h2,4-6,8,14H,3,7H2,1H3,(H,15,16). The summed E-state index contributed by atoms with van der Waals surface area (Å²) in [6.07, 6.45) is 4.87. The molecule has 3 nitrogen and oxygen atoms in total. The fraction of sp³-hybridized carbons (Fsp3) is 0.250. The molecule has 0 atom stereocenters. The van der Waals surface area contributed by atoms with Gasteiger partial charge < -0.3 is 10.4 Å². The monoisotopic (exact) mass is 239 g/mol. The van der Waals surface area contributed by atoms with Gasteiger partial charge >= 0.3 is 5.97 Å². The molecule has 0 bridgehead atoms. The second kappa shape index (κ2) is 6.30. The first kappa shape index (κ1) is 12.7. The molecule has 1 aromatic carbocycles. The molecule has 0 fully saturated rings. The molecule has 0 saturated heterocycles. The smallest absolute Gasteiger partial charge is 0.337 e. The van der Waals surface area contributed by atoms with Gasteiger partial charge in [-0.2, -0.15) is 0 Å². The fourth-order valence-corrected chi connectivity index (χ4v) is 1.53. The molecule has 0 amide bonds. The minimum atomic E-state index is -1.00. The van der Waals surface area contributed by atoms with Gasteiger partial charge in [-0.05, 0) is 37.7 Å². The number of nitrogens with one attached hydrogen (secondary N) is 1. The second-order valence-corrected chi connectivity index (χ2v) is 3.75. The van der Waals surface area contributed by atoms with Gasteiger partial charge in [-0.1, -0.05) is 29.8 Å². The van der Waals surface area contributed by atoms with Gasteiger partial charge in [0.05, 0.1) is 10.6 Å². The fourth-order valence-electron chi connectivity index (χ4n) is 1.26. The molecule has 0 heterocycles. The zero-order valence-electron chi connectivity index (χ0n) is 9.03. The Kier molecular flexibility index (Phi) is 5.02. The van der Waals surface area contributed by atoms with Crippen molar-refractivity contribution in [1.29, 1.82) is 0 Å². The van der Waals surface area contributed by atoms with Gasteiger partial charge in [-0.3, -0.25) is 0 Å². The average molecular weight is 240 g/mol. The Hall–Kier alpha value is -1.32. The Morgan fingerprint density at radius 3 is 2.88 bits per heavy atom. The molecule has 0 aliphatic carbocycles. The number of hydrogen-bond acceptors (Lipinski definition) is 2. The summed E-state index contributed by atoms with van der Waals surface area (Å²) in [6.45, 7) is 0.914. The highest BCUT2D eigenvalue weighted by molar-refractivity contribution is 6.33. The maximum atomic E-state index is 10.7. The van der Waals surface area contributed by atoms with Gasteiger partial charge in [-0.15, -0.1) is 0 Å². The van der Waals surface area contributed by atoms with Crippen molar-refractivity contribution in [2.75, 3.05) is 13.6 Å². The van der Waals surface area contributed by atoms with Crippen molar-refractivity contribution >= 4 is 23.6 Å². The molecule has 4 heteroatoms. The molecule has 0 radical (unpaired) electrons. The highest BCUT2D eigenvalue weighted by Gasteiger charge is 2.07. The van der Waals surface area contributed by atoms with Gasteiger partial charge in [0.15, 0.2) is 0 Å². The van der Waals surface area contributed by atoms with Crippen molar-refractivity contribution in [2.24, 2.45) is 0 Å². The lowest BCUT2D eigenvalue weighted by molar-refractivity contribution is 0.0697. The zero-order chi connectivity index (χ0) is 12.0. The van der Waals surface area contributed by atoms with E-state index in [1.54, 1.807) is 12.1 Å². The van der Waals surface area contributed by atoms with Gasteiger partial charge in [0.2, 0.25) is 0 Å². The molecule has 86 valence electrons. The van der Waals surface area contributed by atoms with E-state index in [1.165, 1.54) is 6.07 Å². The lowest BCUT2D eigenvalue weighted by atomic mass is 10.1. The summed E-state index contributed by atoms with van der Waals surface area (Å²) in [6, 6.07) is 4.91. The average Bonchev–Trinajstić information content (AvgIpc) is 2.24. The van der Waals surface area contributed by atoms with Gasteiger partial charge in [0, 0.05) is 0 Å². The third-order valence-electron chi connectivity index (χ3n) is 2.09. The molecule has 0 aromatic heterocycles. The number of rotatable bonds is 5. The van der Waals surface area contributed by atoms with Crippen LogP contribution in [0.25, 0.3) is 6.08 Å². The van der Waals surface area contributed by atoms with Crippen LogP contribution in [0.15, 0.2) is 24.3 Å². The van der Waals surface area contributed by atoms with E-state index >= 15 is 0 Å². The maximum absolute atomic E-state index is 10.7. The largest absolute Gasteiger partial charge is 0.478 e. The van der Waals surface area contributed by atoms with Crippen LogP contribution in [0.3, 0.4) is 0 Å². The van der Waals surface area contributed by atoms with Crippen LogP contribution >= 0.6 is 11.6 Å². The van der Waals surface area contributed by atoms with E-state index in [1.807, 2.05) is 19.2 Å². The van der Waals surface area contributed by atoms with Crippen molar-refractivity contribution in [3.63, 3.8) is 0 Å². The van der Waals surface area contributed by atoms with Crippen LogP contribution in [0.5, 0.6) is 0 Å². The summed E-state index contributed by atoms with van der Waals surface area (Å²) in [7, 11) is 1.90. The quantitative estimate of drug-likeness (QED) is 0.777. The first-order valence-electron chi connectivity index (χ1n) is 4.99. The summed E-state index contributed by atoms with van der Waals surface area (Å²) in [5.74, 6) is -1.00. The van der Waals surface area contributed by atoms with Gasteiger partial charge in [0.25, 0.3) is 0 Å². The summed E-state index contributed by atoms with van der Waals surface area (Å²) in [5, 5.41) is 12.1. The Morgan fingerprint density at radius 2 is 2.31 bits per heavy atom. The van der Waals surface area contributed by atoms with Crippen LogP contribution in [0.1, 0.15) is 22.3 Å². The number of benzene rings is 1. The van der Waals surface area contributed by atoms with E-state index in [0.717, 1.165) is 18.5 Å². The van der Waals surface area contributed by atoms with Crippen molar-refractivity contribution in [1.82, 2.24) is 5.32 Å². The number of aromatic carboxylic acids is 1. The summed E-state index contributed by atoms with van der Waals surface area (Å²) in [5.41, 5.74) is 1.04. The lowest BCUT2D eigenvalue weighted by Gasteiger charge is -2.00. The van der Waals surface area contributed by atoms with Crippen LogP contribution in [0.4, 0.5) is 0 Å². The van der Waals surface area contributed by atoms with Crippen molar-refractivity contribution in [3.05, 3.63) is 40.4 Å². The normalized spacial score (nSPS) is 10.9. The Balaban J connectivity index is 2.73. The van der Waals surface area contributed by atoms with Crippen LogP contribution < -0.4 is 5.32 Å². The van der Waals surface area contributed by atoms with E-state index in [4.69, 9.17) is 16.7 Å². The second-order valence-electron chi connectivity index (χ2n) is 3.34. The van der Waals surface area contributed by atoms with Crippen LogP contribution in [-0.4, -0.2) is 24.7 Å². The molecule has 16 heavy (non-hydrogen) atoms. The number of carboxylic acid groups (broad SMARTS) is 1. The Labute approximate surface area is 99.7 Å². The van der Waals surface area contributed by atoms with Crippen LogP contribution in [0, 0.1) is 0 Å². The summed E-state index contributed by atoms with van der Waals surface area (Å²) < 4.78 is 0. The zero-order valence-corrected chi connectivity index (χ0v) is 9.79. The Morgan fingerprint density at radius 1 is 1.56 bits per heavy atom. The molecule has 0 unspecified atom stereocenters. The van der Waals surface area contributed by atoms with Crippen molar-refractivity contribution < 1.29 is 9.90 Å². The van der Waals surface area contributed by atoms with Crippen molar-refractivity contribution in [2.45, 2.75) is 6.42 Å². The molecule has 1 rings (SSSR count). The minimum Gasteiger partial charge on any atom is -0.478 e. The molecule has 0 spiro atoms. The third-order valence-corrected chi connectivity index (χ3v) is 2.41. The molecule has 0 saturated carbocycles. The number of halogens is 1. The maximum Gasteiger partial charge on any atom is 0.337 e. The number of carbonyl (C=O) groups is 1. The summed E-state index contributed by atoms with van der Waals surface area (Å²) >= 11 is 5.84.